The SMILES string of the molecule is COc1ccc(C=NOC(C)=O)cc1OC. The Morgan fingerprint density at radius 1 is 1.25 bits per heavy atom. The van der Waals surface area contributed by atoms with E-state index >= 15 is 0 Å². The lowest BCUT2D eigenvalue weighted by Crippen LogP contribution is -1.94. The highest BCUT2D eigenvalue weighted by molar-refractivity contribution is 5.81. The molecule has 0 saturated heterocycles. The summed E-state index contributed by atoms with van der Waals surface area (Å²) in [5.74, 6) is 0.762. The zero-order chi connectivity index (χ0) is 12.0. The van der Waals surface area contributed by atoms with Gasteiger partial charge in [-0.05, 0) is 18.2 Å². The van der Waals surface area contributed by atoms with Crippen LogP contribution in [0.3, 0.4) is 0 Å². The number of ether oxygens (including phenoxy) is 2. The van der Waals surface area contributed by atoms with E-state index in [2.05, 4.69) is 9.99 Å². The van der Waals surface area contributed by atoms with Crippen LogP contribution in [0.25, 0.3) is 0 Å². The highest BCUT2D eigenvalue weighted by Gasteiger charge is 2.02. The van der Waals surface area contributed by atoms with Gasteiger partial charge in [0.25, 0.3) is 0 Å². The van der Waals surface area contributed by atoms with E-state index in [0.29, 0.717) is 11.5 Å². The van der Waals surface area contributed by atoms with Crippen molar-refractivity contribution in [2.45, 2.75) is 6.92 Å². The molecule has 0 unspecified atom stereocenters. The Morgan fingerprint density at radius 3 is 2.50 bits per heavy atom. The molecule has 0 spiro atoms. The maximum atomic E-state index is 10.5. The fourth-order valence-electron chi connectivity index (χ4n) is 1.09. The van der Waals surface area contributed by atoms with E-state index in [1.807, 2.05) is 0 Å². The lowest BCUT2D eigenvalue weighted by atomic mass is 10.2. The Labute approximate surface area is 93.6 Å². The van der Waals surface area contributed by atoms with Gasteiger partial charge in [-0.15, -0.1) is 0 Å². The first-order valence-corrected chi connectivity index (χ1v) is 4.60. The number of rotatable bonds is 4. The highest BCUT2D eigenvalue weighted by atomic mass is 16.7. The Bertz CT molecular complexity index is 401. The summed E-state index contributed by atoms with van der Waals surface area (Å²) in [4.78, 5) is 14.9. The van der Waals surface area contributed by atoms with Gasteiger partial charge in [0, 0.05) is 12.5 Å². The summed E-state index contributed by atoms with van der Waals surface area (Å²) >= 11 is 0. The molecule has 5 heteroatoms. The molecule has 5 nitrogen and oxygen atoms in total. The van der Waals surface area contributed by atoms with E-state index in [9.17, 15) is 4.79 Å². The molecule has 0 aliphatic carbocycles. The molecule has 1 aromatic carbocycles. The smallest absolute Gasteiger partial charge is 0.331 e. The first kappa shape index (κ1) is 12.0. The lowest BCUT2D eigenvalue weighted by molar-refractivity contribution is -0.140. The van der Waals surface area contributed by atoms with Crippen LogP contribution in [0, 0.1) is 0 Å². The van der Waals surface area contributed by atoms with Crippen LogP contribution < -0.4 is 9.47 Å². The normalized spacial score (nSPS) is 10.2. The molecular weight excluding hydrogens is 210 g/mol. The van der Waals surface area contributed by atoms with E-state index in [-0.39, 0.29) is 0 Å². The molecule has 16 heavy (non-hydrogen) atoms. The number of benzene rings is 1. The number of oxime groups is 1. The summed E-state index contributed by atoms with van der Waals surface area (Å²) in [5, 5.41) is 3.50. The number of hydrogen-bond acceptors (Lipinski definition) is 5. The van der Waals surface area contributed by atoms with Crippen LogP contribution in [0.1, 0.15) is 12.5 Å². The van der Waals surface area contributed by atoms with Crippen LogP contribution in [0.5, 0.6) is 11.5 Å². The van der Waals surface area contributed by atoms with Gasteiger partial charge in [-0.1, -0.05) is 5.16 Å². The van der Waals surface area contributed by atoms with Gasteiger partial charge in [-0.25, -0.2) is 4.79 Å². The van der Waals surface area contributed by atoms with E-state index in [1.165, 1.54) is 13.1 Å². The lowest BCUT2D eigenvalue weighted by Gasteiger charge is -2.07. The van der Waals surface area contributed by atoms with Gasteiger partial charge in [-0.3, -0.25) is 0 Å². The number of carbonyl (C=O) groups is 1. The van der Waals surface area contributed by atoms with E-state index < -0.39 is 5.97 Å². The Morgan fingerprint density at radius 2 is 1.94 bits per heavy atom. The number of methoxy groups -OCH3 is 2. The van der Waals surface area contributed by atoms with Crippen LogP contribution in [0.4, 0.5) is 0 Å². The van der Waals surface area contributed by atoms with Crippen molar-refractivity contribution in [3.8, 4) is 11.5 Å². The van der Waals surface area contributed by atoms with Crippen molar-refractivity contribution in [2.75, 3.05) is 14.2 Å². The molecule has 0 amide bonds. The van der Waals surface area contributed by atoms with Gasteiger partial charge in [0.15, 0.2) is 11.5 Å². The summed E-state index contributed by atoms with van der Waals surface area (Å²) in [6.45, 7) is 1.28. The molecular formula is C11H13NO4. The summed E-state index contributed by atoms with van der Waals surface area (Å²) in [6.07, 6.45) is 1.42. The summed E-state index contributed by atoms with van der Waals surface area (Å²) in [6, 6.07) is 5.24. The molecule has 1 rings (SSSR count). The van der Waals surface area contributed by atoms with Gasteiger partial charge in [0.2, 0.25) is 0 Å². The molecule has 0 heterocycles. The Kier molecular flexibility index (Phi) is 4.32. The van der Waals surface area contributed by atoms with Crippen molar-refractivity contribution in [3.63, 3.8) is 0 Å². The number of hydrogen-bond donors (Lipinski definition) is 0. The first-order chi connectivity index (χ1) is 7.67. The summed E-state index contributed by atoms with van der Waals surface area (Å²) < 4.78 is 10.2. The van der Waals surface area contributed by atoms with Gasteiger partial charge < -0.3 is 14.3 Å². The molecule has 0 saturated carbocycles. The minimum Gasteiger partial charge on any atom is -0.493 e. The Balaban J connectivity index is 2.82. The second-order valence-electron chi connectivity index (χ2n) is 2.93. The largest absolute Gasteiger partial charge is 0.493 e. The molecule has 0 aliphatic heterocycles. The molecule has 0 fully saturated rings. The molecule has 0 N–H and O–H groups in total. The zero-order valence-corrected chi connectivity index (χ0v) is 9.39. The van der Waals surface area contributed by atoms with Gasteiger partial charge >= 0.3 is 5.97 Å². The van der Waals surface area contributed by atoms with Crippen LogP contribution >= 0.6 is 0 Å². The maximum Gasteiger partial charge on any atom is 0.331 e. The minimum atomic E-state index is -0.461. The predicted molar refractivity (Wildman–Crippen MR) is 58.9 cm³/mol. The van der Waals surface area contributed by atoms with Crippen molar-refractivity contribution >= 4 is 12.2 Å². The van der Waals surface area contributed by atoms with Crippen LogP contribution in [0.2, 0.25) is 0 Å². The van der Waals surface area contributed by atoms with Crippen molar-refractivity contribution in [1.29, 1.82) is 0 Å². The number of carbonyl (C=O) groups excluding carboxylic acids is 1. The van der Waals surface area contributed by atoms with Crippen LogP contribution in [0.15, 0.2) is 23.4 Å². The van der Waals surface area contributed by atoms with Crippen molar-refractivity contribution in [3.05, 3.63) is 23.8 Å². The second kappa shape index (κ2) is 5.75. The zero-order valence-electron chi connectivity index (χ0n) is 9.39. The van der Waals surface area contributed by atoms with Crippen molar-refractivity contribution in [1.82, 2.24) is 0 Å². The molecule has 1 aromatic rings. The third kappa shape index (κ3) is 3.27. The third-order valence-electron chi connectivity index (χ3n) is 1.79. The minimum absolute atomic E-state index is 0.461. The summed E-state index contributed by atoms with van der Waals surface area (Å²) in [7, 11) is 3.11. The molecule has 0 bridgehead atoms. The molecule has 0 atom stereocenters. The van der Waals surface area contributed by atoms with E-state index in [0.717, 1.165) is 5.56 Å². The summed E-state index contributed by atoms with van der Waals surface area (Å²) in [5.41, 5.74) is 0.749. The topological polar surface area (TPSA) is 57.1 Å². The van der Waals surface area contributed by atoms with Crippen LogP contribution in [-0.2, 0) is 9.63 Å². The average molecular weight is 223 g/mol. The predicted octanol–water partition coefficient (Wildman–Crippen LogP) is 1.60. The highest BCUT2D eigenvalue weighted by Crippen LogP contribution is 2.26. The average Bonchev–Trinajstić information content (AvgIpc) is 2.28. The van der Waals surface area contributed by atoms with Crippen molar-refractivity contribution < 1.29 is 19.1 Å². The fourth-order valence-corrected chi connectivity index (χ4v) is 1.09. The number of nitrogens with zero attached hydrogens (tertiary/aromatic N) is 1. The van der Waals surface area contributed by atoms with E-state index in [4.69, 9.17) is 9.47 Å². The Hall–Kier alpha value is -2.04. The monoisotopic (exact) mass is 223 g/mol. The standard InChI is InChI=1S/C11H13NO4/c1-8(13)16-12-7-9-4-5-10(14-2)11(6-9)15-3/h4-7H,1-3H3. The molecule has 86 valence electrons. The van der Waals surface area contributed by atoms with Gasteiger partial charge in [-0.2, -0.15) is 0 Å². The second-order valence-corrected chi connectivity index (χ2v) is 2.93. The third-order valence-corrected chi connectivity index (χ3v) is 1.79. The van der Waals surface area contributed by atoms with Gasteiger partial charge in [0.05, 0.1) is 20.4 Å². The van der Waals surface area contributed by atoms with Crippen molar-refractivity contribution in [2.24, 2.45) is 5.16 Å². The van der Waals surface area contributed by atoms with E-state index in [1.54, 1.807) is 32.4 Å². The fraction of sp³-hybridized carbons (Fsp3) is 0.273. The molecule has 0 aromatic heterocycles. The molecule has 0 aliphatic rings. The quantitative estimate of drug-likeness (QED) is 0.442. The first-order valence-electron chi connectivity index (χ1n) is 4.60. The van der Waals surface area contributed by atoms with Gasteiger partial charge in [0.1, 0.15) is 0 Å². The molecule has 0 radical (unpaired) electrons. The van der Waals surface area contributed by atoms with Crippen LogP contribution in [-0.4, -0.2) is 26.4 Å². The maximum absolute atomic E-state index is 10.5.